The van der Waals surface area contributed by atoms with Gasteiger partial charge in [-0.25, -0.2) is 0 Å². The minimum atomic E-state index is 1.11. The van der Waals surface area contributed by atoms with Crippen molar-refractivity contribution in [2.24, 2.45) is 0 Å². The SMILES string of the molecule is Cc1ccc(/C=C/c2ccc(N(c3ccc(C)cc3)c3ccc(-c4ccc(-c5ccc(N(c6cc[c]([Nb])cc6)c6ccc(/C=C/c7ccc(C)cc7)cc6)cc5)cc4)cc3)cc2)cc1. The third-order valence-corrected chi connectivity index (χ3v) is 12.3. The van der Waals surface area contributed by atoms with Crippen LogP contribution in [0.25, 0.3) is 46.6 Å². The summed E-state index contributed by atoms with van der Waals surface area (Å²) in [5.74, 6) is 0. The van der Waals surface area contributed by atoms with Gasteiger partial charge in [0.2, 0.25) is 0 Å². The summed E-state index contributed by atoms with van der Waals surface area (Å²) in [5, 5.41) is 0. The average molecular weight is 903 g/mol. The molecule has 0 atom stereocenters. The number of aryl methyl sites for hydroxylation is 3. The van der Waals surface area contributed by atoms with Crippen molar-refractivity contribution in [1.82, 2.24) is 0 Å². The quantitative estimate of drug-likeness (QED) is 0.0890. The fourth-order valence-corrected chi connectivity index (χ4v) is 8.23. The molecule has 0 saturated heterocycles. The van der Waals surface area contributed by atoms with Crippen molar-refractivity contribution in [2.45, 2.75) is 20.8 Å². The molecule has 0 bridgehead atoms. The summed E-state index contributed by atoms with van der Waals surface area (Å²) in [6, 6.07) is 79.1. The second-order valence-electron chi connectivity index (χ2n) is 16.4. The summed E-state index contributed by atoms with van der Waals surface area (Å²) in [5.41, 5.74) is 19.9. The minimum Gasteiger partial charge on any atom is -0.0587 e. The third-order valence-electron chi connectivity index (χ3n) is 11.6. The van der Waals surface area contributed by atoms with E-state index in [2.05, 4.69) is 273 Å². The molecule has 0 aliphatic carbocycles. The van der Waals surface area contributed by atoms with Crippen LogP contribution in [0.4, 0.5) is 34.1 Å². The van der Waals surface area contributed by atoms with E-state index in [0.29, 0.717) is 0 Å². The molecule has 308 valence electrons. The zero-order valence-electron chi connectivity index (χ0n) is 36.4. The standard InChI is InChI=1S/C61H49N2.Nb/c1-45-9-15-48(16-10-45)19-21-50-23-37-58(38-24-50)62(56-7-5-4-6-8-56)60-41-31-54(32-42-60)52-27-29-53(30-28-52)55-33-43-61(44-34-55)63(57-35-13-47(3)14-36-57)59-39-25-51(26-40-59)22-20-49-17-11-46(2)12-18-49;/h5-44H,1-3H3;/b21-19+,22-20+;. The summed E-state index contributed by atoms with van der Waals surface area (Å²) in [6.07, 6.45) is 8.69. The van der Waals surface area contributed by atoms with E-state index in [0.717, 1.165) is 39.7 Å². The molecular formula is C61H49N2Nb. The predicted molar refractivity (Wildman–Crippen MR) is 271 cm³/mol. The molecule has 64 heavy (non-hydrogen) atoms. The van der Waals surface area contributed by atoms with Crippen LogP contribution in [0.3, 0.4) is 0 Å². The fraction of sp³-hybridized carbons (Fsp3) is 0.0492. The second-order valence-corrected chi connectivity index (χ2v) is 17.6. The van der Waals surface area contributed by atoms with E-state index in [9.17, 15) is 0 Å². The van der Waals surface area contributed by atoms with Crippen molar-refractivity contribution in [1.29, 1.82) is 0 Å². The Morgan fingerprint density at radius 3 is 0.719 bits per heavy atom. The third kappa shape index (κ3) is 10.2. The maximum absolute atomic E-state index is 2.33. The Hall–Kier alpha value is -7.20. The predicted octanol–water partition coefficient (Wildman–Crippen LogP) is 16.4. The average Bonchev–Trinajstić information content (AvgIpc) is 3.34. The van der Waals surface area contributed by atoms with Crippen molar-refractivity contribution in [3.8, 4) is 22.3 Å². The smallest absolute Gasteiger partial charge is 0.0587 e. The summed E-state index contributed by atoms with van der Waals surface area (Å²) >= 11 is 1.73. The Labute approximate surface area is 391 Å². The van der Waals surface area contributed by atoms with E-state index in [1.807, 2.05) is 0 Å². The van der Waals surface area contributed by atoms with Crippen molar-refractivity contribution >= 4 is 62.2 Å². The van der Waals surface area contributed by atoms with E-state index in [1.165, 1.54) is 59.4 Å². The van der Waals surface area contributed by atoms with Crippen LogP contribution in [0.5, 0.6) is 0 Å². The molecule has 0 heterocycles. The van der Waals surface area contributed by atoms with E-state index in [4.69, 9.17) is 0 Å². The molecular weight excluding hydrogens is 854 g/mol. The first kappa shape index (κ1) is 42.1. The summed E-state index contributed by atoms with van der Waals surface area (Å²) in [4.78, 5) is 4.65. The Balaban J connectivity index is 0.921. The van der Waals surface area contributed by atoms with Crippen molar-refractivity contribution in [3.63, 3.8) is 0 Å². The van der Waals surface area contributed by atoms with Crippen LogP contribution in [-0.4, -0.2) is 0 Å². The molecule has 0 spiro atoms. The normalized spacial score (nSPS) is 11.3. The van der Waals surface area contributed by atoms with Gasteiger partial charge < -0.3 is 4.90 Å². The molecule has 0 fully saturated rings. The van der Waals surface area contributed by atoms with Crippen molar-refractivity contribution in [3.05, 3.63) is 257 Å². The van der Waals surface area contributed by atoms with Gasteiger partial charge in [-0.2, -0.15) is 0 Å². The van der Waals surface area contributed by atoms with Crippen LogP contribution in [0.15, 0.2) is 218 Å². The van der Waals surface area contributed by atoms with E-state index in [-0.39, 0.29) is 0 Å². The summed E-state index contributed by atoms with van der Waals surface area (Å²) < 4.78 is 1.29. The van der Waals surface area contributed by atoms with Gasteiger partial charge in [-0.15, -0.1) is 0 Å². The molecule has 0 amide bonds. The zero-order chi connectivity index (χ0) is 43.8. The van der Waals surface area contributed by atoms with Crippen LogP contribution < -0.4 is 13.6 Å². The van der Waals surface area contributed by atoms with Gasteiger partial charge >= 0.3 is 178 Å². The number of rotatable bonds is 12. The monoisotopic (exact) mass is 902 g/mol. The van der Waals surface area contributed by atoms with Gasteiger partial charge in [-0.1, -0.05) is 114 Å². The summed E-state index contributed by atoms with van der Waals surface area (Å²) in [6.45, 7) is 6.37. The number of nitrogens with zero attached hydrogens (tertiary/aromatic N) is 2. The van der Waals surface area contributed by atoms with Crippen LogP contribution in [0.1, 0.15) is 38.9 Å². The minimum absolute atomic E-state index is 1.11. The Bertz CT molecular complexity index is 2770. The maximum atomic E-state index is 2.33. The molecule has 0 aliphatic rings. The number of hydrogen-bond acceptors (Lipinski definition) is 2. The van der Waals surface area contributed by atoms with Crippen molar-refractivity contribution in [2.75, 3.05) is 9.80 Å². The van der Waals surface area contributed by atoms with Gasteiger partial charge in [0.1, 0.15) is 0 Å². The summed E-state index contributed by atoms with van der Waals surface area (Å²) in [7, 11) is 0. The molecule has 9 aromatic rings. The Morgan fingerprint density at radius 2 is 0.438 bits per heavy atom. The molecule has 3 heteroatoms. The van der Waals surface area contributed by atoms with E-state index < -0.39 is 0 Å². The van der Waals surface area contributed by atoms with Crippen LogP contribution in [-0.2, 0) is 21.1 Å². The first-order valence-corrected chi connectivity index (χ1v) is 22.9. The fourth-order valence-electron chi connectivity index (χ4n) is 7.86. The van der Waals surface area contributed by atoms with Gasteiger partial charge in [0.25, 0.3) is 0 Å². The van der Waals surface area contributed by atoms with Gasteiger partial charge in [0, 0.05) is 17.1 Å². The molecule has 0 saturated carbocycles. The zero-order valence-corrected chi connectivity index (χ0v) is 38.6. The molecule has 9 rings (SSSR count). The molecule has 0 unspecified atom stereocenters. The van der Waals surface area contributed by atoms with Crippen molar-refractivity contribution < 1.29 is 21.1 Å². The van der Waals surface area contributed by atoms with Gasteiger partial charge in [0.15, 0.2) is 0 Å². The molecule has 0 N–H and O–H groups in total. The van der Waals surface area contributed by atoms with Crippen LogP contribution >= 0.6 is 0 Å². The Kier molecular flexibility index (Phi) is 12.8. The van der Waals surface area contributed by atoms with Gasteiger partial charge in [0.05, 0.1) is 0 Å². The first-order valence-electron chi connectivity index (χ1n) is 21.8. The molecule has 0 radical (unpaired) electrons. The van der Waals surface area contributed by atoms with Crippen LogP contribution in [0, 0.1) is 20.8 Å². The molecule has 2 nitrogen and oxygen atoms in total. The topological polar surface area (TPSA) is 6.48 Å². The van der Waals surface area contributed by atoms with E-state index in [1.54, 1.807) is 21.1 Å². The second kappa shape index (κ2) is 19.5. The first-order chi connectivity index (χ1) is 31.3. The van der Waals surface area contributed by atoms with Gasteiger partial charge in [-0.3, -0.25) is 0 Å². The van der Waals surface area contributed by atoms with Gasteiger partial charge in [-0.05, 0) is 79.4 Å². The van der Waals surface area contributed by atoms with E-state index >= 15 is 0 Å². The Morgan fingerprint density at radius 1 is 0.250 bits per heavy atom. The van der Waals surface area contributed by atoms with Crippen LogP contribution in [0.2, 0.25) is 0 Å². The molecule has 0 aliphatic heterocycles. The molecule has 0 aromatic heterocycles. The number of anilines is 6. The number of hydrogen-bond donors (Lipinski definition) is 0. The molecule has 9 aromatic carbocycles. The number of benzene rings is 9.